The van der Waals surface area contributed by atoms with Gasteiger partial charge in [0.2, 0.25) is 0 Å². The smallest absolute Gasteiger partial charge is 0.410 e. The number of ether oxygens (including phenoxy) is 2. The highest BCUT2D eigenvalue weighted by atomic mass is 16.6. The summed E-state index contributed by atoms with van der Waals surface area (Å²) < 4.78 is 11.0. The van der Waals surface area contributed by atoms with Gasteiger partial charge in [0.15, 0.2) is 0 Å². The largest absolute Gasteiger partial charge is 0.481 e. The fraction of sp³-hybridized carbons (Fsp3) is 0.579. The molecule has 0 radical (unpaired) electrons. The average molecular weight is 349 g/mol. The molecule has 1 saturated heterocycles. The molecule has 138 valence electrons. The lowest BCUT2D eigenvalue weighted by Crippen LogP contribution is -2.49. The van der Waals surface area contributed by atoms with Crippen molar-refractivity contribution in [2.45, 2.75) is 45.8 Å². The van der Waals surface area contributed by atoms with Crippen LogP contribution >= 0.6 is 0 Å². The van der Waals surface area contributed by atoms with Crippen LogP contribution in [0.3, 0.4) is 0 Å². The molecule has 1 heterocycles. The van der Waals surface area contributed by atoms with Crippen LogP contribution in [0.5, 0.6) is 0 Å². The quantitative estimate of drug-likeness (QED) is 0.882. The summed E-state index contributed by atoms with van der Waals surface area (Å²) in [4.78, 5) is 25.5. The highest BCUT2D eigenvalue weighted by Crippen LogP contribution is 2.33. The van der Waals surface area contributed by atoms with E-state index in [4.69, 9.17) is 9.47 Å². The third-order valence-electron chi connectivity index (χ3n) is 4.32. The van der Waals surface area contributed by atoms with Gasteiger partial charge in [-0.25, -0.2) is 4.79 Å². The molecule has 0 unspecified atom stereocenters. The molecule has 2 rings (SSSR count). The molecule has 6 heteroatoms. The zero-order chi connectivity index (χ0) is 18.5. The second-order valence-electron chi connectivity index (χ2n) is 7.53. The molecule has 0 aromatic heterocycles. The number of rotatable bonds is 5. The SMILES string of the molecule is CC(C)(C)OC(=O)N1CCC(COCc2ccccc2)(C(=O)O)CC1. The van der Waals surface area contributed by atoms with E-state index in [2.05, 4.69) is 0 Å². The molecule has 0 aliphatic carbocycles. The molecule has 0 saturated carbocycles. The summed E-state index contributed by atoms with van der Waals surface area (Å²) in [6, 6.07) is 9.65. The van der Waals surface area contributed by atoms with Crippen LogP contribution in [0.2, 0.25) is 0 Å². The highest BCUT2D eigenvalue weighted by Gasteiger charge is 2.43. The second-order valence-corrected chi connectivity index (χ2v) is 7.53. The van der Waals surface area contributed by atoms with Gasteiger partial charge in [-0.3, -0.25) is 4.79 Å². The number of nitrogens with zero attached hydrogens (tertiary/aromatic N) is 1. The van der Waals surface area contributed by atoms with E-state index in [1.165, 1.54) is 0 Å². The molecule has 6 nitrogen and oxygen atoms in total. The summed E-state index contributed by atoms with van der Waals surface area (Å²) in [5.41, 5.74) is -0.501. The topological polar surface area (TPSA) is 76.1 Å². The van der Waals surface area contributed by atoms with Gasteiger partial charge in [-0.1, -0.05) is 30.3 Å². The lowest BCUT2D eigenvalue weighted by atomic mass is 9.79. The molecule has 0 bridgehead atoms. The van der Waals surface area contributed by atoms with E-state index in [1.54, 1.807) is 4.90 Å². The Morgan fingerprint density at radius 3 is 2.28 bits per heavy atom. The van der Waals surface area contributed by atoms with Gasteiger partial charge in [0.25, 0.3) is 0 Å². The lowest BCUT2D eigenvalue weighted by Gasteiger charge is -2.39. The maximum absolute atomic E-state index is 12.1. The first kappa shape index (κ1) is 19.2. The number of carboxylic acid groups (broad SMARTS) is 1. The Bertz CT molecular complexity index is 586. The zero-order valence-electron chi connectivity index (χ0n) is 15.2. The van der Waals surface area contributed by atoms with Crippen molar-refractivity contribution >= 4 is 12.1 Å². The molecule has 1 aromatic carbocycles. The Balaban J connectivity index is 1.89. The fourth-order valence-corrected chi connectivity index (χ4v) is 2.80. The van der Waals surface area contributed by atoms with Gasteiger partial charge in [0.05, 0.1) is 18.6 Å². The summed E-state index contributed by atoms with van der Waals surface area (Å²) in [6.45, 7) is 6.67. The van der Waals surface area contributed by atoms with Crippen molar-refractivity contribution in [3.05, 3.63) is 35.9 Å². The van der Waals surface area contributed by atoms with Crippen molar-refractivity contribution in [1.29, 1.82) is 0 Å². The van der Waals surface area contributed by atoms with Crippen molar-refractivity contribution in [3.63, 3.8) is 0 Å². The van der Waals surface area contributed by atoms with Crippen LogP contribution in [-0.2, 0) is 20.9 Å². The minimum Gasteiger partial charge on any atom is -0.481 e. The first-order chi connectivity index (χ1) is 11.7. The first-order valence-electron chi connectivity index (χ1n) is 8.55. The van der Waals surface area contributed by atoms with Crippen molar-refractivity contribution < 1.29 is 24.2 Å². The number of hydrogen-bond acceptors (Lipinski definition) is 4. The molecule has 0 atom stereocenters. The van der Waals surface area contributed by atoms with Gasteiger partial charge in [0, 0.05) is 13.1 Å². The van der Waals surface area contributed by atoms with Gasteiger partial charge in [0.1, 0.15) is 5.60 Å². The monoisotopic (exact) mass is 349 g/mol. The average Bonchev–Trinajstić information content (AvgIpc) is 2.54. The Morgan fingerprint density at radius 1 is 1.16 bits per heavy atom. The summed E-state index contributed by atoms with van der Waals surface area (Å²) in [6.07, 6.45) is 0.323. The van der Waals surface area contributed by atoms with Crippen LogP contribution in [0.4, 0.5) is 4.79 Å². The molecular formula is C19H27NO5. The van der Waals surface area contributed by atoms with E-state index in [-0.39, 0.29) is 6.61 Å². The summed E-state index contributed by atoms with van der Waals surface area (Å²) in [7, 11) is 0. The van der Waals surface area contributed by atoms with Crippen molar-refractivity contribution in [1.82, 2.24) is 4.90 Å². The molecule has 1 fully saturated rings. The van der Waals surface area contributed by atoms with Crippen molar-refractivity contribution in [3.8, 4) is 0 Å². The number of amides is 1. The number of likely N-dealkylation sites (tertiary alicyclic amines) is 1. The summed E-state index contributed by atoms with van der Waals surface area (Å²) in [5, 5.41) is 9.68. The molecule has 1 N–H and O–H groups in total. The fourth-order valence-electron chi connectivity index (χ4n) is 2.80. The summed E-state index contributed by atoms with van der Waals surface area (Å²) >= 11 is 0. The highest BCUT2D eigenvalue weighted by molar-refractivity contribution is 5.76. The molecule has 25 heavy (non-hydrogen) atoms. The van der Waals surface area contributed by atoms with Crippen LogP contribution in [0.15, 0.2) is 30.3 Å². The normalized spacial score (nSPS) is 17.2. The Hall–Kier alpha value is -2.08. The van der Waals surface area contributed by atoms with E-state index >= 15 is 0 Å². The molecule has 1 aliphatic heterocycles. The predicted octanol–water partition coefficient (Wildman–Crippen LogP) is 3.31. The predicted molar refractivity (Wildman–Crippen MR) is 93.2 cm³/mol. The number of benzene rings is 1. The zero-order valence-corrected chi connectivity index (χ0v) is 15.2. The maximum atomic E-state index is 12.1. The third kappa shape index (κ3) is 5.46. The molecule has 1 aromatic rings. The number of hydrogen-bond donors (Lipinski definition) is 1. The molecule has 0 spiro atoms. The molecule has 1 amide bonds. The van der Waals surface area contributed by atoms with Gasteiger partial charge in [-0.2, -0.15) is 0 Å². The van der Waals surface area contributed by atoms with Gasteiger partial charge < -0.3 is 19.5 Å². The summed E-state index contributed by atoms with van der Waals surface area (Å²) in [5.74, 6) is -0.871. The minimum absolute atomic E-state index is 0.138. The van der Waals surface area contributed by atoms with E-state index in [1.807, 2.05) is 51.1 Å². The van der Waals surface area contributed by atoms with E-state index in [0.717, 1.165) is 5.56 Å². The Kier molecular flexibility index (Phi) is 6.06. The number of carboxylic acids is 1. The lowest BCUT2D eigenvalue weighted by molar-refractivity contribution is -0.157. The minimum atomic E-state index is -0.951. The van der Waals surface area contributed by atoms with Crippen LogP contribution in [0, 0.1) is 5.41 Å². The number of piperidine rings is 1. The van der Waals surface area contributed by atoms with E-state index < -0.39 is 23.1 Å². The number of aliphatic carboxylic acids is 1. The van der Waals surface area contributed by atoms with Gasteiger partial charge in [-0.15, -0.1) is 0 Å². The number of carbonyl (C=O) groups is 2. The van der Waals surface area contributed by atoms with Gasteiger partial charge >= 0.3 is 12.1 Å². The third-order valence-corrected chi connectivity index (χ3v) is 4.32. The van der Waals surface area contributed by atoms with Crippen LogP contribution in [0.1, 0.15) is 39.2 Å². The first-order valence-corrected chi connectivity index (χ1v) is 8.55. The molecule has 1 aliphatic rings. The Labute approximate surface area is 148 Å². The van der Waals surface area contributed by atoms with Crippen molar-refractivity contribution in [2.24, 2.45) is 5.41 Å². The van der Waals surface area contributed by atoms with Crippen LogP contribution in [-0.4, -0.2) is 47.4 Å². The van der Waals surface area contributed by atoms with Crippen LogP contribution in [0.25, 0.3) is 0 Å². The molecular weight excluding hydrogens is 322 g/mol. The van der Waals surface area contributed by atoms with Gasteiger partial charge in [-0.05, 0) is 39.2 Å². The maximum Gasteiger partial charge on any atom is 0.410 e. The van der Waals surface area contributed by atoms with E-state index in [9.17, 15) is 14.7 Å². The van der Waals surface area contributed by atoms with E-state index in [0.29, 0.717) is 32.5 Å². The van der Waals surface area contributed by atoms with Crippen LogP contribution < -0.4 is 0 Å². The number of carbonyl (C=O) groups excluding carboxylic acids is 1. The van der Waals surface area contributed by atoms with Crippen molar-refractivity contribution in [2.75, 3.05) is 19.7 Å². The Morgan fingerprint density at radius 2 is 1.76 bits per heavy atom. The second kappa shape index (κ2) is 7.87. The standard InChI is InChI=1S/C19H27NO5/c1-18(2,3)25-17(23)20-11-9-19(10-12-20,16(21)22)14-24-13-15-7-5-4-6-8-15/h4-8H,9-14H2,1-3H3,(H,21,22).